The van der Waals surface area contributed by atoms with E-state index in [1.807, 2.05) is 38.1 Å². The molecule has 0 radical (unpaired) electrons. The lowest BCUT2D eigenvalue weighted by atomic mass is 10.1. The average Bonchev–Trinajstić information content (AvgIpc) is 2.36. The van der Waals surface area contributed by atoms with Crippen LogP contribution in [0.5, 0.6) is 5.75 Å². The van der Waals surface area contributed by atoms with Gasteiger partial charge in [0.2, 0.25) is 5.91 Å². The Labute approximate surface area is 108 Å². The maximum absolute atomic E-state index is 11.7. The van der Waals surface area contributed by atoms with Crippen LogP contribution in [0.15, 0.2) is 24.3 Å². The lowest BCUT2D eigenvalue weighted by Gasteiger charge is -2.15. The molecule has 1 aromatic carbocycles. The SMILES string of the molecule is COc1cccc(CC(=O)NCC(O)C(C)C)c1. The van der Waals surface area contributed by atoms with Gasteiger partial charge in [-0.2, -0.15) is 0 Å². The van der Waals surface area contributed by atoms with Crippen molar-refractivity contribution in [1.29, 1.82) is 0 Å². The Morgan fingerprint density at radius 3 is 2.78 bits per heavy atom. The molecule has 1 aromatic rings. The van der Waals surface area contributed by atoms with E-state index in [2.05, 4.69) is 5.32 Å². The molecular weight excluding hydrogens is 230 g/mol. The average molecular weight is 251 g/mol. The van der Waals surface area contributed by atoms with E-state index in [4.69, 9.17) is 4.74 Å². The lowest BCUT2D eigenvalue weighted by molar-refractivity contribution is -0.121. The summed E-state index contributed by atoms with van der Waals surface area (Å²) in [6.07, 6.45) is -0.207. The van der Waals surface area contributed by atoms with Crippen LogP contribution in [-0.2, 0) is 11.2 Å². The molecule has 0 saturated carbocycles. The van der Waals surface area contributed by atoms with Crippen molar-refractivity contribution in [3.8, 4) is 5.75 Å². The number of aliphatic hydroxyl groups excluding tert-OH is 1. The van der Waals surface area contributed by atoms with Crippen LogP contribution in [0.2, 0.25) is 0 Å². The summed E-state index contributed by atoms with van der Waals surface area (Å²) < 4.78 is 5.09. The molecule has 100 valence electrons. The first-order chi connectivity index (χ1) is 8.52. The molecule has 0 aromatic heterocycles. The molecule has 18 heavy (non-hydrogen) atoms. The first kappa shape index (κ1) is 14.5. The summed E-state index contributed by atoms with van der Waals surface area (Å²) in [6.45, 7) is 4.12. The predicted octanol–water partition coefficient (Wildman–Crippen LogP) is 1.37. The molecule has 2 N–H and O–H groups in total. The lowest BCUT2D eigenvalue weighted by Crippen LogP contribution is -2.35. The van der Waals surface area contributed by atoms with Crippen LogP contribution in [-0.4, -0.2) is 30.8 Å². The number of methoxy groups -OCH3 is 1. The van der Waals surface area contributed by atoms with Crippen LogP contribution < -0.4 is 10.1 Å². The molecular formula is C14H21NO3. The van der Waals surface area contributed by atoms with Crippen LogP contribution >= 0.6 is 0 Å². The van der Waals surface area contributed by atoms with E-state index in [0.29, 0.717) is 13.0 Å². The number of hydrogen-bond donors (Lipinski definition) is 2. The van der Waals surface area contributed by atoms with Gasteiger partial charge in [-0.25, -0.2) is 0 Å². The normalized spacial score (nSPS) is 12.3. The molecule has 1 amide bonds. The van der Waals surface area contributed by atoms with Gasteiger partial charge in [0.1, 0.15) is 5.75 Å². The Balaban J connectivity index is 2.44. The smallest absolute Gasteiger partial charge is 0.224 e. The molecule has 0 spiro atoms. The third-order valence-electron chi connectivity index (χ3n) is 2.78. The minimum atomic E-state index is -0.501. The minimum absolute atomic E-state index is 0.0945. The number of carbonyl (C=O) groups excluding carboxylic acids is 1. The zero-order valence-corrected chi connectivity index (χ0v) is 11.1. The quantitative estimate of drug-likeness (QED) is 0.803. The first-order valence-electron chi connectivity index (χ1n) is 6.10. The van der Waals surface area contributed by atoms with E-state index < -0.39 is 6.10 Å². The molecule has 1 atom stereocenters. The molecule has 4 nitrogen and oxygen atoms in total. The van der Waals surface area contributed by atoms with Crippen molar-refractivity contribution < 1.29 is 14.6 Å². The van der Waals surface area contributed by atoms with Gasteiger partial charge in [-0.15, -0.1) is 0 Å². The van der Waals surface area contributed by atoms with Crippen molar-refractivity contribution in [1.82, 2.24) is 5.32 Å². The van der Waals surface area contributed by atoms with Crippen LogP contribution in [0.25, 0.3) is 0 Å². The van der Waals surface area contributed by atoms with Crippen LogP contribution in [0, 0.1) is 5.92 Å². The summed E-state index contributed by atoms with van der Waals surface area (Å²) in [5.74, 6) is 0.785. The van der Waals surface area contributed by atoms with E-state index in [0.717, 1.165) is 11.3 Å². The molecule has 0 heterocycles. The minimum Gasteiger partial charge on any atom is -0.497 e. The summed E-state index contributed by atoms with van der Waals surface area (Å²) in [6, 6.07) is 7.40. The summed E-state index contributed by atoms with van der Waals surface area (Å²) in [5, 5.41) is 12.3. The van der Waals surface area contributed by atoms with Gasteiger partial charge in [0.15, 0.2) is 0 Å². The maximum atomic E-state index is 11.7. The molecule has 1 rings (SSSR count). The van der Waals surface area contributed by atoms with E-state index in [1.165, 1.54) is 0 Å². The second kappa shape index (κ2) is 7.01. The standard InChI is InChI=1S/C14H21NO3/c1-10(2)13(16)9-15-14(17)8-11-5-4-6-12(7-11)18-3/h4-7,10,13,16H,8-9H2,1-3H3,(H,15,17). The number of aliphatic hydroxyl groups is 1. The van der Waals surface area contributed by atoms with Crippen molar-refractivity contribution in [2.24, 2.45) is 5.92 Å². The highest BCUT2D eigenvalue weighted by molar-refractivity contribution is 5.78. The Bertz CT molecular complexity index is 390. The van der Waals surface area contributed by atoms with E-state index in [9.17, 15) is 9.90 Å². The van der Waals surface area contributed by atoms with Gasteiger partial charge in [-0.3, -0.25) is 4.79 Å². The Morgan fingerprint density at radius 1 is 1.44 bits per heavy atom. The summed E-state index contributed by atoms with van der Waals surface area (Å²) in [7, 11) is 1.60. The van der Waals surface area contributed by atoms with Crippen molar-refractivity contribution >= 4 is 5.91 Å². The predicted molar refractivity (Wildman–Crippen MR) is 70.6 cm³/mol. The molecule has 0 aliphatic carbocycles. The Morgan fingerprint density at radius 2 is 2.17 bits per heavy atom. The Kier molecular flexibility index (Phi) is 5.65. The first-order valence-corrected chi connectivity index (χ1v) is 6.10. The number of carbonyl (C=O) groups is 1. The Hall–Kier alpha value is -1.55. The van der Waals surface area contributed by atoms with E-state index >= 15 is 0 Å². The molecule has 0 aliphatic rings. The third-order valence-corrected chi connectivity index (χ3v) is 2.78. The number of ether oxygens (including phenoxy) is 1. The number of benzene rings is 1. The zero-order chi connectivity index (χ0) is 13.5. The third kappa shape index (κ3) is 4.75. The molecule has 0 saturated heterocycles. The van der Waals surface area contributed by atoms with Crippen LogP contribution in [0.3, 0.4) is 0 Å². The number of rotatable bonds is 6. The van der Waals surface area contributed by atoms with Crippen molar-refractivity contribution in [2.45, 2.75) is 26.4 Å². The van der Waals surface area contributed by atoms with Crippen molar-refractivity contribution in [3.63, 3.8) is 0 Å². The fourth-order valence-electron chi connectivity index (χ4n) is 1.48. The van der Waals surface area contributed by atoms with Gasteiger partial charge in [-0.05, 0) is 23.6 Å². The van der Waals surface area contributed by atoms with Crippen LogP contribution in [0.1, 0.15) is 19.4 Å². The molecule has 0 bridgehead atoms. The van der Waals surface area contributed by atoms with Crippen LogP contribution in [0.4, 0.5) is 0 Å². The fraction of sp³-hybridized carbons (Fsp3) is 0.500. The van der Waals surface area contributed by atoms with E-state index in [1.54, 1.807) is 7.11 Å². The van der Waals surface area contributed by atoms with E-state index in [-0.39, 0.29) is 11.8 Å². The zero-order valence-electron chi connectivity index (χ0n) is 11.1. The molecule has 0 aliphatic heterocycles. The second-order valence-electron chi connectivity index (χ2n) is 4.64. The highest BCUT2D eigenvalue weighted by Gasteiger charge is 2.11. The monoisotopic (exact) mass is 251 g/mol. The van der Waals surface area contributed by atoms with Gasteiger partial charge in [0, 0.05) is 6.54 Å². The number of hydrogen-bond acceptors (Lipinski definition) is 3. The van der Waals surface area contributed by atoms with Gasteiger partial charge in [-0.1, -0.05) is 26.0 Å². The summed E-state index contributed by atoms with van der Waals surface area (Å²) in [5.41, 5.74) is 0.894. The molecule has 1 unspecified atom stereocenters. The summed E-state index contributed by atoms with van der Waals surface area (Å²) >= 11 is 0. The van der Waals surface area contributed by atoms with Crippen molar-refractivity contribution in [2.75, 3.05) is 13.7 Å². The highest BCUT2D eigenvalue weighted by atomic mass is 16.5. The number of nitrogens with one attached hydrogen (secondary N) is 1. The molecule has 4 heteroatoms. The van der Waals surface area contributed by atoms with Gasteiger partial charge in [0.05, 0.1) is 19.6 Å². The highest BCUT2D eigenvalue weighted by Crippen LogP contribution is 2.12. The second-order valence-corrected chi connectivity index (χ2v) is 4.64. The summed E-state index contributed by atoms with van der Waals surface area (Å²) in [4.78, 5) is 11.7. The van der Waals surface area contributed by atoms with Crippen molar-refractivity contribution in [3.05, 3.63) is 29.8 Å². The molecule has 0 fully saturated rings. The topological polar surface area (TPSA) is 58.6 Å². The van der Waals surface area contributed by atoms with Gasteiger partial charge < -0.3 is 15.2 Å². The fourth-order valence-corrected chi connectivity index (χ4v) is 1.48. The van der Waals surface area contributed by atoms with Gasteiger partial charge in [0.25, 0.3) is 0 Å². The largest absolute Gasteiger partial charge is 0.497 e. The maximum Gasteiger partial charge on any atom is 0.224 e. The number of amides is 1. The van der Waals surface area contributed by atoms with Gasteiger partial charge >= 0.3 is 0 Å².